The minimum atomic E-state index is -0.126. The molecule has 0 amide bonds. The largest absolute Gasteiger partial charge is 0.310 e. The van der Waals surface area contributed by atoms with Gasteiger partial charge in [0.25, 0.3) is 0 Å². The molecular weight excluding hydrogens is 737 g/mol. The number of benzene rings is 9. The second-order valence-electron chi connectivity index (χ2n) is 17.2. The van der Waals surface area contributed by atoms with Gasteiger partial charge in [-0.1, -0.05) is 166 Å². The van der Waals surface area contributed by atoms with Crippen LogP contribution in [0.2, 0.25) is 0 Å². The van der Waals surface area contributed by atoms with Gasteiger partial charge in [0.2, 0.25) is 0 Å². The lowest BCUT2D eigenvalue weighted by atomic mass is 9.82. The summed E-state index contributed by atoms with van der Waals surface area (Å²) in [4.78, 5) is 2.46. The first-order valence-corrected chi connectivity index (χ1v) is 21.6. The van der Waals surface area contributed by atoms with E-state index in [9.17, 15) is 0 Å². The van der Waals surface area contributed by atoms with Gasteiger partial charge in [0.15, 0.2) is 0 Å². The Bertz CT molecular complexity index is 3430. The SMILES string of the molecule is CC1(C)c2ccccc2-c2ccc(N(c3ccc(C4=CCCC=C4)cc3)c3ccc4c5c(-c6ccccc6)cc6ccccc6c5n(-c5ccc6ccccc6c5)c4c3)cc21. The predicted octanol–water partition coefficient (Wildman–Crippen LogP) is 16.3. The number of aromatic nitrogens is 1. The maximum absolute atomic E-state index is 2.53. The third-order valence-electron chi connectivity index (χ3n) is 13.4. The first-order valence-electron chi connectivity index (χ1n) is 21.6. The normalized spacial score (nSPS) is 14.1. The van der Waals surface area contributed by atoms with Crippen LogP contribution in [0.1, 0.15) is 43.4 Å². The second-order valence-corrected chi connectivity index (χ2v) is 17.2. The lowest BCUT2D eigenvalue weighted by Crippen LogP contribution is -2.16. The molecule has 0 atom stereocenters. The summed E-state index contributed by atoms with van der Waals surface area (Å²) in [5, 5.41) is 7.42. The van der Waals surface area contributed by atoms with E-state index in [4.69, 9.17) is 0 Å². The molecule has 2 aliphatic rings. The van der Waals surface area contributed by atoms with Gasteiger partial charge >= 0.3 is 0 Å². The minimum Gasteiger partial charge on any atom is -0.310 e. The zero-order valence-corrected chi connectivity index (χ0v) is 34.4. The molecule has 290 valence electrons. The maximum atomic E-state index is 2.53. The van der Waals surface area contributed by atoms with E-state index >= 15 is 0 Å². The van der Waals surface area contributed by atoms with Crippen molar-refractivity contribution in [2.75, 3.05) is 4.90 Å². The zero-order chi connectivity index (χ0) is 40.7. The number of rotatable bonds is 6. The van der Waals surface area contributed by atoms with E-state index in [2.05, 4.69) is 230 Å². The Balaban J connectivity index is 1.14. The summed E-state index contributed by atoms with van der Waals surface area (Å²) in [7, 11) is 0. The van der Waals surface area contributed by atoms with Crippen molar-refractivity contribution in [3.8, 4) is 27.9 Å². The molecule has 2 aliphatic carbocycles. The Labute approximate surface area is 357 Å². The number of nitrogens with zero attached hydrogens (tertiary/aromatic N) is 2. The van der Waals surface area contributed by atoms with E-state index in [0.29, 0.717) is 0 Å². The Morgan fingerprint density at radius 2 is 1.18 bits per heavy atom. The third-order valence-corrected chi connectivity index (χ3v) is 13.4. The molecule has 0 radical (unpaired) electrons. The van der Waals surface area contributed by atoms with Crippen molar-refractivity contribution in [2.45, 2.75) is 32.1 Å². The molecule has 12 rings (SSSR count). The summed E-state index contributed by atoms with van der Waals surface area (Å²) in [6.45, 7) is 4.74. The van der Waals surface area contributed by atoms with Gasteiger partial charge in [0, 0.05) is 44.3 Å². The Morgan fingerprint density at radius 3 is 2.02 bits per heavy atom. The third kappa shape index (κ3) is 5.63. The van der Waals surface area contributed by atoms with Gasteiger partial charge in [-0.25, -0.2) is 0 Å². The van der Waals surface area contributed by atoms with Crippen LogP contribution in [0.3, 0.4) is 0 Å². The average molecular weight is 781 g/mol. The lowest BCUT2D eigenvalue weighted by Gasteiger charge is -2.28. The number of anilines is 3. The van der Waals surface area contributed by atoms with Crippen molar-refractivity contribution in [3.05, 3.63) is 223 Å². The topological polar surface area (TPSA) is 8.17 Å². The highest BCUT2D eigenvalue weighted by atomic mass is 15.1. The molecule has 61 heavy (non-hydrogen) atoms. The van der Waals surface area contributed by atoms with Crippen LogP contribution < -0.4 is 4.90 Å². The summed E-state index contributed by atoms with van der Waals surface area (Å²) in [5.41, 5.74) is 17.2. The first kappa shape index (κ1) is 35.5. The van der Waals surface area contributed by atoms with Crippen molar-refractivity contribution in [1.82, 2.24) is 4.57 Å². The number of hydrogen-bond donors (Lipinski definition) is 0. The standard InChI is InChI=1S/C59H44N2/c1-59(2)54-24-14-13-23-50(54)51-33-31-47(37-55(51)59)60(45-28-25-41(26-29-45)39-15-5-3-6-16-39)48-32-34-52-56(38-48)61(46-30-27-40-17-9-10-20-43(40)35-46)58-49-22-12-11-21-44(49)36-53(57(52)58)42-18-7-4-8-19-42/h4-5,7-38H,3,6H2,1-2H3. The monoisotopic (exact) mass is 780 g/mol. The second kappa shape index (κ2) is 13.8. The summed E-state index contributed by atoms with van der Waals surface area (Å²) in [5.74, 6) is 0. The van der Waals surface area contributed by atoms with Crippen molar-refractivity contribution < 1.29 is 0 Å². The molecule has 0 unspecified atom stereocenters. The van der Waals surface area contributed by atoms with Crippen LogP contribution in [0.4, 0.5) is 17.1 Å². The van der Waals surface area contributed by atoms with Crippen LogP contribution in [-0.2, 0) is 5.41 Å². The fourth-order valence-corrected chi connectivity index (χ4v) is 10.3. The smallest absolute Gasteiger partial charge is 0.0625 e. The van der Waals surface area contributed by atoms with Crippen LogP contribution >= 0.6 is 0 Å². The van der Waals surface area contributed by atoms with Gasteiger partial charge < -0.3 is 9.47 Å². The molecule has 10 aromatic rings. The van der Waals surface area contributed by atoms with Crippen LogP contribution in [0.5, 0.6) is 0 Å². The van der Waals surface area contributed by atoms with Gasteiger partial charge in [-0.05, 0) is 128 Å². The number of hydrogen-bond acceptors (Lipinski definition) is 1. The Kier molecular flexibility index (Phi) is 8.05. The first-order chi connectivity index (χ1) is 30.0. The van der Waals surface area contributed by atoms with E-state index in [-0.39, 0.29) is 5.41 Å². The van der Waals surface area contributed by atoms with Crippen LogP contribution in [0.15, 0.2) is 206 Å². The highest BCUT2D eigenvalue weighted by molar-refractivity contribution is 6.24. The minimum absolute atomic E-state index is 0.126. The van der Waals surface area contributed by atoms with Crippen molar-refractivity contribution in [1.29, 1.82) is 0 Å². The Morgan fingerprint density at radius 1 is 0.475 bits per heavy atom. The van der Waals surface area contributed by atoms with Gasteiger partial charge in [-0.15, -0.1) is 0 Å². The molecule has 1 aromatic heterocycles. The lowest BCUT2D eigenvalue weighted by molar-refractivity contribution is 0.660. The summed E-state index contributed by atoms with van der Waals surface area (Å²) in [6, 6.07) is 70.1. The van der Waals surface area contributed by atoms with Crippen molar-refractivity contribution in [3.63, 3.8) is 0 Å². The molecule has 9 aromatic carbocycles. The van der Waals surface area contributed by atoms with Gasteiger partial charge in [0.05, 0.1) is 11.0 Å². The van der Waals surface area contributed by atoms with Crippen LogP contribution in [0.25, 0.3) is 76.9 Å². The molecule has 2 heteroatoms. The van der Waals surface area contributed by atoms with E-state index in [1.54, 1.807) is 0 Å². The van der Waals surface area contributed by atoms with Gasteiger partial charge in [0.1, 0.15) is 0 Å². The van der Waals surface area contributed by atoms with E-state index in [0.717, 1.165) is 35.6 Å². The molecule has 0 bridgehead atoms. The fraction of sp³-hybridized carbons (Fsp3) is 0.0847. The van der Waals surface area contributed by atoms with E-state index < -0.39 is 0 Å². The van der Waals surface area contributed by atoms with Crippen LogP contribution in [0, 0.1) is 0 Å². The van der Waals surface area contributed by atoms with Crippen LogP contribution in [-0.4, -0.2) is 4.57 Å². The average Bonchev–Trinajstić information content (AvgIpc) is 3.78. The molecule has 0 spiro atoms. The molecular formula is C59H44N2. The van der Waals surface area contributed by atoms with Crippen molar-refractivity contribution in [2.24, 2.45) is 0 Å². The summed E-state index contributed by atoms with van der Waals surface area (Å²) >= 11 is 0. The molecule has 0 saturated carbocycles. The maximum Gasteiger partial charge on any atom is 0.0625 e. The molecule has 2 nitrogen and oxygen atoms in total. The predicted molar refractivity (Wildman–Crippen MR) is 260 cm³/mol. The van der Waals surface area contributed by atoms with Gasteiger partial charge in [-0.2, -0.15) is 0 Å². The molecule has 0 aliphatic heterocycles. The van der Waals surface area contributed by atoms with Crippen molar-refractivity contribution >= 4 is 66.0 Å². The molecule has 0 N–H and O–H groups in total. The molecule has 1 heterocycles. The zero-order valence-electron chi connectivity index (χ0n) is 34.4. The Hall–Kier alpha value is -7.42. The van der Waals surface area contributed by atoms with E-state index in [1.165, 1.54) is 87.9 Å². The molecule has 0 fully saturated rings. The molecule has 0 saturated heterocycles. The highest BCUT2D eigenvalue weighted by Gasteiger charge is 2.36. The highest BCUT2D eigenvalue weighted by Crippen LogP contribution is 2.51. The number of fused-ring (bicyclic) bond motifs is 9. The fourth-order valence-electron chi connectivity index (χ4n) is 10.3. The summed E-state index contributed by atoms with van der Waals surface area (Å²) < 4.78 is 2.53. The number of allylic oxidation sites excluding steroid dienone is 4. The van der Waals surface area contributed by atoms with E-state index in [1.807, 2.05) is 0 Å². The summed E-state index contributed by atoms with van der Waals surface area (Å²) in [6.07, 6.45) is 9.11. The quantitative estimate of drug-likeness (QED) is 0.163. The van der Waals surface area contributed by atoms with Gasteiger partial charge in [-0.3, -0.25) is 0 Å².